The Bertz CT molecular complexity index is 2110. The van der Waals surface area contributed by atoms with Gasteiger partial charge in [0.1, 0.15) is 17.2 Å². The number of nitrogens with zero attached hydrogens (tertiary/aromatic N) is 2. The average molecular weight is 647 g/mol. The number of methoxy groups -OCH3 is 2. The van der Waals surface area contributed by atoms with Crippen LogP contribution < -0.4 is 24.0 Å². The van der Waals surface area contributed by atoms with Crippen molar-refractivity contribution in [3.63, 3.8) is 0 Å². The summed E-state index contributed by atoms with van der Waals surface area (Å²) in [4.78, 5) is 5.06. The molecule has 3 heterocycles. The van der Waals surface area contributed by atoms with E-state index in [9.17, 15) is 0 Å². The van der Waals surface area contributed by atoms with E-state index >= 15 is 0 Å². The second-order valence-corrected chi connectivity index (χ2v) is 14.5. The van der Waals surface area contributed by atoms with Crippen molar-refractivity contribution in [2.75, 3.05) is 44.2 Å². The summed E-state index contributed by atoms with van der Waals surface area (Å²) in [6.07, 6.45) is 12.2. The van der Waals surface area contributed by atoms with E-state index in [-0.39, 0.29) is 0 Å². The zero-order valence-electron chi connectivity index (χ0n) is 28.6. The Morgan fingerprint density at radius 1 is 0.735 bits per heavy atom. The average Bonchev–Trinajstić information content (AvgIpc) is 3.67. The summed E-state index contributed by atoms with van der Waals surface area (Å²) < 4.78 is 18.9. The molecule has 0 spiro atoms. The Balaban J connectivity index is 1.29. The predicted molar refractivity (Wildman–Crippen MR) is 199 cm³/mol. The Morgan fingerprint density at radius 2 is 1.43 bits per heavy atom. The number of hydrogen-bond acceptors (Lipinski definition) is 5. The summed E-state index contributed by atoms with van der Waals surface area (Å²) in [7, 11) is 5.71. The lowest BCUT2D eigenvalue weighted by Crippen LogP contribution is -2.35. The van der Waals surface area contributed by atoms with Gasteiger partial charge in [-0.1, -0.05) is 48.9 Å². The van der Waals surface area contributed by atoms with Gasteiger partial charge in [-0.25, -0.2) is 0 Å². The molecule has 5 aliphatic rings. The van der Waals surface area contributed by atoms with Crippen LogP contribution in [0, 0.1) is 0 Å². The van der Waals surface area contributed by atoms with Gasteiger partial charge in [0.05, 0.1) is 19.9 Å². The lowest BCUT2D eigenvalue weighted by atomic mass is 9.67. The Kier molecular flexibility index (Phi) is 6.40. The Hall–Kier alpha value is -4.90. The van der Waals surface area contributed by atoms with Gasteiger partial charge in [0.15, 0.2) is 5.60 Å². The van der Waals surface area contributed by atoms with Gasteiger partial charge in [0, 0.05) is 64.5 Å². The van der Waals surface area contributed by atoms with Crippen LogP contribution in [0.2, 0.25) is 0 Å². The van der Waals surface area contributed by atoms with Crippen LogP contribution in [-0.4, -0.2) is 34.4 Å². The molecule has 49 heavy (non-hydrogen) atoms. The van der Waals surface area contributed by atoms with Crippen LogP contribution in [0.4, 0.5) is 17.1 Å². The fraction of sp³-hybridized carbons (Fsp3) is 0.318. The quantitative estimate of drug-likeness (QED) is 0.190. The highest BCUT2D eigenvalue weighted by molar-refractivity contribution is 6.18. The molecule has 2 unspecified atom stereocenters. The van der Waals surface area contributed by atoms with E-state index in [1.54, 1.807) is 14.2 Å². The van der Waals surface area contributed by atoms with E-state index in [0.29, 0.717) is 11.8 Å². The van der Waals surface area contributed by atoms with Crippen molar-refractivity contribution in [1.82, 2.24) is 0 Å². The number of anilines is 3. The molecule has 246 valence electrons. The topological polar surface area (TPSA) is 34.2 Å². The summed E-state index contributed by atoms with van der Waals surface area (Å²) in [6.45, 7) is 2.18. The summed E-state index contributed by atoms with van der Waals surface area (Å²) in [5, 5.41) is 2.56. The summed E-state index contributed by atoms with van der Waals surface area (Å²) in [5.74, 6) is 3.68. The number of ether oxygens (including phenoxy) is 3. The maximum atomic E-state index is 7.70. The van der Waals surface area contributed by atoms with Gasteiger partial charge in [0.25, 0.3) is 0 Å². The van der Waals surface area contributed by atoms with Gasteiger partial charge in [-0.3, -0.25) is 0 Å². The second kappa shape index (κ2) is 10.8. The fourth-order valence-corrected chi connectivity index (χ4v) is 9.89. The standard InChI is InChI=1S/C44H42N2O3/c1-45-37-12-8-11-34-32-9-7-10-33(32)39-35-21-22-44(27-13-17-30(47-2)18-14-27,28-15-19-31(48-3)20-16-28)49-43(35)36-25-29(46-23-5-4-6-24-46)26-38(45)41(36)42(39)40(34)37/h8,11-22,25-26,32-33H,4-7,9-10,23-24H2,1-3H3. The van der Waals surface area contributed by atoms with Crippen molar-refractivity contribution >= 4 is 33.9 Å². The number of rotatable bonds is 5. The molecule has 2 atom stereocenters. The molecule has 5 nitrogen and oxygen atoms in total. The first-order valence-corrected chi connectivity index (χ1v) is 18.1. The van der Waals surface area contributed by atoms with Crippen molar-refractivity contribution in [2.24, 2.45) is 0 Å². The molecule has 3 aliphatic heterocycles. The van der Waals surface area contributed by atoms with E-state index in [1.165, 1.54) is 94.2 Å². The van der Waals surface area contributed by atoms with Crippen LogP contribution >= 0.6 is 0 Å². The molecule has 0 aromatic heterocycles. The van der Waals surface area contributed by atoms with Crippen molar-refractivity contribution in [3.05, 3.63) is 113 Å². The number of fused-ring (bicyclic) bond motifs is 6. The third-order valence-corrected chi connectivity index (χ3v) is 12.2. The highest BCUT2D eigenvalue weighted by Gasteiger charge is 2.46. The van der Waals surface area contributed by atoms with Gasteiger partial charge in [-0.05, 0) is 109 Å². The molecule has 0 bridgehead atoms. The van der Waals surface area contributed by atoms with Crippen molar-refractivity contribution < 1.29 is 14.2 Å². The smallest absolute Gasteiger partial charge is 0.178 e. The first kappa shape index (κ1) is 29.1. The maximum Gasteiger partial charge on any atom is 0.178 e. The molecule has 2 fully saturated rings. The van der Waals surface area contributed by atoms with E-state index in [4.69, 9.17) is 14.2 Å². The molecule has 0 amide bonds. The van der Waals surface area contributed by atoms with Crippen molar-refractivity contribution in [3.8, 4) is 28.4 Å². The second-order valence-electron chi connectivity index (χ2n) is 14.5. The van der Waals surface area contributed by atoms with Gasteiger partial charge in [-0.2, -0.15) is 0 Å². The van der Waals surface area contributed by atoms with Crippen LogP contribution in [0.1, 0.15) is 78.2 Å². The third kappa shape index (κ3) is 4.05. The lowest BCUT2D eigenvalue weighted by Gasteiger charge is -2.44. The van der Waals surface area contributed by atoms with Crippen molar-refractivity contribution in [2.45, 2.75) is 56.0 Å². The molecule has 2 aliphatic carbocycles. The van der Waals surface area contributed by atoms with Gasteiger partial charge < -0.3 is 24.0 Å². The third-order valence-electron chi connectivity index (χ3n) is 12.2. The molecule has 5 aromatic rings. The minimum atomic E-state index is -0.836. The predicted octanol–water partition coefficient (Wildman–Crippen LogP) is 10.3. The van der Waals surface area contributed by atoms with E-state index in [2.05, 4.69) is 83.6 Å². The molecule has 1 saturated carbocycles. The SMILES string of the molecule is COc1ccc(C2(c3ccc(OC)cc3)C=Cc3c4c5c6c(cc(N7CCCCC7)cc6c3O2)N(C)c2cccc(c2-5)C2CCCC42)cc1. The van der Waals surface area contributed by atoms with Gasteiger partial charge >= 0.3 is 0 Å². The van der Waals surface area contributed by atoms with E-state index < -0.39 is 5.60 Å². The van der Waals surface area contributed by atoms with Crippen LogP contribution in [0.5, 0.6) is 17.2 Å². The number of hydrogen-bond donors (Lipinski definition) is 0. The van der Waals surface area contributed by atoms with Crippen LogP contribution in [0.25, 0.3) is 28.0 Å². The maximum absolute atomic E-state index is 7.70. The first-order valence-electron chi connectivity index (χ1n) is 18.1. The fourth-order valence-electron chi connectivity index (χ4n) is 9.89. The minimum absolute atomic E-state index is 0.483. The molecular weight excluding hydrogens is 604 g/mol. The van der Waals surface area contributed by atoms with Crippen LogP contribution in [-0.2, 0) is 5.60 Å². The Labute approximate surface area is 288 Å². The zero-order chi connectivity index (χ0) is 32.9. The van der Waals surface area contributed by atoms with Crippen molar-refractivity contribution in [1.29, 1.82) is 0 Å². The number of benzene rings is 5. The monoisotopic (exact) mass is 646 g/mol. The highest BCUT2D eigenvalue weighted by atomic mass is 16.5. The molecular formula is C44H42N2O3. The normalized spacial score (nSPS) is 20.9. The zero-order valence-corrected chi connectivity index (χ0v) is 28.6. The summed E-state index contributed by atoms with van der Waals surface area (Å²) in [6, 6.07) is 28.7. The number of piperidine rings is 1. The van der Waals surface area contributed by atoms with E-state index in [1.807, 2.05) is 24.3 Å². The highest BCUT2D eigenvalue weighted by Crippen LogP contribution is 2.65. The molecule has 1 saturated heterocycles. The first-order chi connectivity index (χ1) is 24.1. The summed E-state index contributed by atoms with van der Waals surface area (Å²) in [5.41, 5.74) is 12.4. The van der Waals surface area contributed by atoms with Crippen LogP contribution in [0.3, 0.4) is 0 Å². The molecule has 0 N–H and O–H groups in total. The Morgan fingerprint density at radius 3 is 2.12 bits per heavy atom. The van der Waals surface area contributed by atoms with Gasteiger partial charge in [0.2, 0.25) is 0 Å². The molecule has 10 rings (SSSR count). The van der Waals surface area contributed by atoms with E-state index in [0.717, 1.165) is 41.5 Å². The lowest BCUT2D eigenvalue weighted by molar-refractivity contribution is 0.163. The van der Waals surface area contributed by atoms with Crippen LogP contribution in [0.15, 0.2) is 84.9 Å². The largest absolute Gasteiger partial charge is 0.497 e. The molecule has 5 aromatic carbocycles. The molecule has 0 radical (unpaired) electrons. The molecule has 5 heteroatoms. The van der Waals surface area contributed by atoms with Gasteiger partial charge in [-0.15, -0.1) is 0 Å². The minimum Gasteiger partial charge on any atom is -0.497 e. The summed E-state index contributed by atoms with van der Waals surface area (Å²) >= 11 is 0.